The van der Waals surface area contributed by atoms with Gasteiger partial charge in [0.2, 0.25) is 0 Å². The molecule has 2 heteroatoms. The second-order valence-electron chi connectivity index (χ2n) is 3.16. The summed E-state index contributed by atoms with van der Waals surface area (Å²) >= 11 is 6.12. The fourth-order valence-electron chi connectivity index (χ4n) is 1.91. The average molecular weight is 158 g/mol. The van der Waals surface area contributed by atoms with E-state index in [4.69, 9.17) is 11.6 Å². The number of fused-ring (bicyclic) bond motifs is 1. The van der Waals surface area contributed by atoms with Gasteiger partial charge in [0.25, 0.3) is 0 Å². The zero-order chi connectivity index (χ0) is 6.97. The van der Waals surface area contributed by atoms with Crippen molar-refractivity contribution in [1.29, 1.82) is 0 Å². The lowest BCUT2D eigenvalue weighted by molar-refractivity contribution is 0.357. The van der Waals surface area contributed by atoms with Gasteiger partial charge in [0.15, 0.2) is 0 Å². The molecule has 0 amide bonds. The van der Waals surface area contributed by atoms with E-state index >= 15 is 0 Å². The molecule has 0 aromatic carbocycles. The van der Waals surface area contributed by atoms with E-state index in [-0.39, 0.29) is 0 Å². The van der Waals surface area contributed by atoms with Crippen molar-refractivity contribution >= 4 is 11.6 Å². The molecule has 1 aliphatic heterocycles. The Morgan fingerprint density at radius 3 is 3.10 bits per heavy atom. The quantitative estimate of drug-likeness (QED) is 0.530. The van der Waals surface area contributed by atoms with Crippen LogP contribution in [-0.2, 0) is 0 Å². The van der Waals surface area contributed by atoms with Crippen molar-refractivity contribution in [3.63, 3.8) is 0 Å². The van der Waals surface area contributed by atoms with E-state index in [0.29, 0.717) is 11.4 Å². The fourth-order valence-corrected chi connectivity index (χ4v) is 2.32. The topological polar surface area (TPSA) is 12.0 Å². The van der Waals surface area contributed by atoms with Crippen LogP contribution in [0.25, 0.3) is 0 Å². The largest absolute Gasteiger partial charge is 0.386 e. The maximum absolute atomic E-state index is 6.12. The Morgan fingerprint density at radius 2 is 2.30 bits per heavy atom. The summed E-state index contributed by atoms with van der Waals surface area (Å²) in [5, 5.41) is 3.65. The molecule has 1 fully saturated rings. The lowest BCUT2D eigenvalue weighted by Gasteiger charge is -2.29. The van der Waals surface area contributed by atoms with Gasteiger partial charge in [-0.2, -0.15) is 0 Å². The first-order valence-corrected chi connectivity index (χ1v) is 4.38. The normalized spacial score (nSPS) is 44.7. The van der Waals surface area contributed by atoms with Crippen LogP contribution in [0.15, 0.2) is 12.3 Å². The highest BCUT2D eigenvalue weighted by molar-refractivity contribution is 6.21. The predicted octanol–water partition coefficient (Wildman–Crippen LogP) is 1.88. The maximum atomic E-state index is 6.12. The molecule has 0 spiro atoms. The van der Waals surface area contributed by atoms with Crippen LogP contribution in [-0.4, -0.2) is 11.4 Å². The average Bonchev–Trinajstić information content (AvgIpc) is 2.36. The summed E-state index contributed by atoms with van der Waals surface area (Å²) in [5.41, 5.74) is 0. The van der Waals surface area contributed by atoms with Gasteiger partial charge in [-0.3, -0.25) is 0 Å². The molecule has 1 heterocycles. The molecule has 0 bridgehead atoms. The number of nitrogens with one attached hydrogen (secondary N) is 1. The first-order chi connectivity index (χ1) is 4.88. The zero-order valence-corrected chi connectivity index (χ0v) is 6.64. The number of hydrogen-bond acceptors (Lipinski definition) is 1. The van der Waals surface area contributed by atoms with Gasteiger partial charge in [0, 0.05) is 12.0 Å². The van der Waals surface area contributed by atoms with Gasteiger partial charge in [0.05, 0.1) is 5.38 Å². The van der Waals surface area contributed by atoms with Crippen LogP contribution in [0.2, 0.25) is 0 Å². The Hall–Kier alpha value is -0.170. The summed E-state index contributed by atoms with van der Waals surface area (Å²) < 4.78 is 0. The van der Waals surface area contributed by atoms with Crippen molar-refractivity contribution in [1.82, 2.24) is 5.32 Å². The first-order valence-electron chi connectivity index (χ1n) is 3.95. The van der Waals surface area contributed by atoms with E-state index in [0.717, 1.165) is 5.92 Å². The van der Waals surface area contributed by atoms with Gasteiger partial charge in [0.1, 0.15) is 0 Å². The van der Waals surface area contributed by atoms with Crippen molar-refractivity contribution in [2.75, 3.05) is 0 Å². The monoisotopic (exact) mass is 157 g/mol. The summed E-state index contributed by atoms with van der Waals surface area (Å²) in [5.74, 6) is 0.719. The second-order valence-corrected chi connectivity index (χ2v) is 3.72. The zero-order valence-electron chi connectivity index (χ0n) is 5.89. The molecule has 2 rings (SSSR count). The van der Waals surface area contributed by atoms with Gasteiger partial charge in [-0.25, -0.2) is 0 Å². The van der Waals surface area contributed by atoms with Crippen molar-refractivity contribution in [3.8, 4) is 0 Å². The van der Waals surface area contributed by atoms with Gasteiger partial charge >= 0.3 is 0 Å². The van der Waals surface area contributed by atoms with E-state index in [1.54, 1.807) is 0 Å². The Morgan fingerprint density at radius 1 is 1.40 bits per heavy atom. The van der Waals surface area contributed by atoms with Gasteiger partial charge in [-0.15, -0.1) is 11.6 Å². The summed E-state index contributed by atoms with van der Waals surface area (Å²) in [6.45, 7) is 0. The van der Waals surface area contributed by atoms with Crippen LogP contribution in [0.3, 0.4) is 0 Å². The molecule has 2 aliphatic rings. The molecular weight excluding hydrogens is 146 g/mol. The minimum absolute atomic E-state index is 0.355. The van der Waals surface area contributed by atoms with E-state index in [1.807, 2.05) is 0 Å². The molecule has 1 saturated carbocycles. The fraction of sp³-hybridized carbons (Fsp3) is 0.750. The van der Waals surface area contributed by atoms with Crippen molar-refractivity contribution in [2.45, 2.75) is 30.7 Å². The first kappa shape index (κ1) is 6.53. The number of hydrogen-bond donors (Lipinski definition) is 1. The van der Waals surface area contributed by atoms with Crippen LogP contribution in [0.4, 0.5) is 0 Å². The Labute approximate surface area is 66.4 Å². The molecule has 1 nitrogen and oxygen atoms in total. The van der Waals surface area contributed by atoms with Crippen LogP contribution in [0.5, 0.6) is 0 Å². The Balaban J connectivity index is 2.07. The SMILES string of the molecule is ClC1CCCC2C=CNC12. The van der Waals surface area contributed by atoms with Gasteiger partial charge < -0.3 is 5.32 Å². The third kappa shape index (κ3) is 0.929. The highest BCUT2D eigenvalue weighted by atomic mass is 35.5. The van der Waals surface area contributed by atoms with Gasteiger partial charge in [-0.1, -0.05) is 12.5 Å². The Bertz CT molecular complexity index is 155. The van der Waals surface area contributed by atoms with Crippen molar-refractivity contribution < 1.29 is 0 Å². The molecule has 1 N–H and O–H groups in total. The molecule has 0 aromatic rings. The van der Waals surface area contributed by atoms with Crippen molar-refractivity contribution in [2.24, 2.45) is 5.92 Å². The third-order valence-corrected chi connectivity index (χ3v) is 2.99. The Kier molecular flexibility index (Phi) is 1.61. The lowest BCUT2D eigenvalue weighted by atomic mass is 9.86. The molecule has 0 aromatic heterocycles. The van der Waals surface area contributed by atoms with Gasteiger partial charge in [-0.05, 0) is 19.0 Å². The van der Waals surface area contributed by atoms with Crippen LogP contribution in [0.1, 0.15) is 19.3 Å². The molecule has 3 atom stereocenters. The highest BCUT2D eigenvalue weighted by Gasteiger charge is 2.32. The molecule has 10 heavy (non-hydrogen) atoms. The number of halogens is 1. The van der Waals surface area contributed by atoms with E-state index in [9.17, 15) is 0 Å². The minimum atomic E-state index is 0.355. The lowest BCUT2D eigenvalue weighted by Crippen LogP contribution is -2.38. The minimum Gasteiger partial charge on any atom is -0.386 e. The van der Waals surface area contributed by atoms with Crippen LogP contribution in [0, 0.1) is 5.92 Å². The smallest absolute Gasteiger partial charge is 0.0542 e. The summed E-state index contributed by atoms with van der Waals surface area (Å²) in [6, 6.07) is 0.537. The second kappa shape index (κ2) is 2.46. The molecule has 1 aliphatic carbocycles. The number of alkyl halides is 1. The standard InChI is InChI=1S/C8H12ClN/c9-7-3-1-2-6-4-5-10-8(6)7/h4-8,10H,1-3H2. The molecule has 56 valence electrons. The van der Waals surface area contributed by atoms with E-state index < -0.39 is 0 Å². The highest BCUT2D eigenvalue weighted by Crippen LogP contribution is 2.31. The maximum Gasteiger partial charge on any atom is 0.0542 e. The molecule has 3 unspecified atom stereocenters. The predicted molar refractivity (Wildman–Crippen MR) is 43.0 cm³/mol. The van der Waals surface area contributed by atoms with Crippen LogP contribution < -0.4 is 5.32 Å². The summed E-state index contributed by atoms with van der Waals surface area (Å²) in [6.07, 6.45) is 8.09. The number of rotatable bonds is 0. The summed E-state index contributed by atoms with van der Waals surface area (Å²) in [4.78, 5) is 0. The van der Waals surface area contributed by atoms with E-state index in [2.05, 4.69) is 17.6 Å². The molecule has 0 radical (unpaired) electrons. The molecule has 0 saturated heterocycles. The molecular formula is C8H12ClN. The van der Waals surface area contributed by atoms with Crippen molar-refractivity contribution in [3.05, 3.63) is 12.3 Å². The van der Waals surface area contributed by atoms with Crippen LogP contribution >= 0.6 is 11.6 Å². The summed E-state index contributed by atoms with van der Waals surface area (Å²) in [7, 11) is 0. The third-order valence-electron chi connectivity index (χ3n) is 2.50. The van der Waals surface area contributed by atoms with E-state index in [1.165, 1.54) is 19.3 Å².